The maximum absolute atomic E-state index is 5.72. The van der Waals surface area contributed by atoms with E-state index in [1.807, 2.05) is 17.5 Å². The van der Waals surface area contributed by atoms with Crippen LogP contribution in [-0.4, -0.2) is 34.2 Å². The van der Waals surface area contributed by atoms with Gasteiger partial charge in [0.15, 0.2) is 0 Å². The van der Waals surface area contributed by atoms with Crippen molar-refractivity contribution in [2.75, 3.05) is 20.0 Å². The standard InChI is InChI=1S/C14H13N5O2S/c1-20-11-6-9(17-14(18-11)21-2)8-7-16-13(15)19-12(8)10-4-3-5-22-10/h3-7H,1-2H3,(H2,15,16,19). The van der Waals surface area contributed by atoms with Gasteiger partial charge in [0, 0.05) is 17.8 Å². The van der Waals surface area contributed by atoms with Crippen LogP contribution in [0.1, 0.15) is 0 Å². The lowest BCUT2D eigenvalue weighted by Crippen LogP contribution is -2.01. The zero-order chi connectivity index (χ0) is 15.5. The monoisotopic (exact) mass is 315 g/mol. The summed E-state index contributed by atoms with van der Waals surface area (Å²) >= 11 is 1.56. The van der Waals surface area contributed by atoms with E-state index in [-0.39, 0.29) is 12.0 Å². The first-order valence-corrected chi connectivity index (χ1v) is 7.23. The van der Waals surface area contributed by atoms with Gasteiger partial charge in [0.25, 0.3) is 0 Å². The molecule has 0 amide bonds. The van der Waals surface area contributed by atoms with Gasteiger partial charge in [0.1, 0.15) is 0 Å². The number of hydrogen-bond donors (Lipinski definition) is 1. The molecule has 8 heteroatoms. The number of nitrogens with two attached hydrogens (primary N) is 1. The lowest BCUT2D eigenvalue weighted by atomic mass is 10.1. The van der Waals surface area contributed by atoms with E-state index in [0.29, 0.717) is 17.3 Å². The van der Waals surface area contributed by atoms with Gasteiger partial charge in [-0.1, -0.05) is 6.07 Å². The van der Waals surface area contributed by atoms with Crippen LogP contribution in [0.15, 0.2) is 29.8 Å². The van der Waals surface area contributed by atoms with Crippen molar-refractivity contribution in [3.8, 4) is 33.7 Å². The van der Waals surface area contributed by atoms with Crippen molar-refractivity contribution in [1.82, 2.24) is 19.9 Å². The predicted molar refractivity (Wildman–Crippen MR) is 83.9 cm³/mol. The first-order valence-electron chi connectivity index (χ1n) is 6.35. The van der Waals surface area contributed by atoms with E-state index in [9.17, 15) is 0 Å². The molecule has 0 atom stereocenters. The zero-order valence-electron chi connectivity index (χ0n) is 12.0. The van der Waals surface area contributed by atoms with E-state index in [0.717, 1.165) is 10.4 Å². The highest BCUT2D eigenvalue weighted by Gasteiger charge is 2.15. The van der Waals surface area contributed by atoms with Crippen LogP contribution < -0.4 is 15.2 Å². The van der Waals surface area contributed by atoms with Gasteiger partial charge in [0.2, 0.25) is 11.8 Å². The lowest BCUT2D eigenvalue weighted by molar-refractivity contribution is 0.353. The fraction of sp³-hybridized carbons (Fsp3) is 0.143. The van der Waals surface area contributed by atoms with Crippen LogP contribution in [0.25, 0.3) is 21.8 Å². The molecule has 0 fully saturated rings. The Hall–Kier alpha value is -2.74. The average Bonchev–Trinajstić information content (AvgIpc) is 3.08. The first-order chi connectivity index (χ1) is 10.7. The van der Waals surface area contributed by atoms with Crippen LogP contribution in [0.3, 0.4) is 0 Å². The van der Waals surface area contributed by atoms with Crippen LogP contribution in [0.5, 0.6) is 11.9 Å². The zero-order valence-corrected chi connectivity index (χ0v) is 12.8. The number of ether oxygens (including phenoxy) is 2. The highest BCUT2D eigenvalue weighted by molar-refractivity contribution is 7.13. The van der Waals surface area contributed by atoms with Crippen LogP contribution in [0.4, 0.5) is 5.95 Å². The summed E-state index contributed by atoms with van der Waals surface area (Å²) in [5, 5.41) is 1.97. The van der Waals surface area contributed by atoms with Crippen molar-refractivity contribution in [2.24, 2.45) is 0 Å². The minimum Gasteiger partial charge on any atom is -0.481 e. The maximum Gasteiger partial charge on any atom is 0.320 e. The van der Waals surface area contributed by atoms with Gasteiger partial charge in [-0.3, -0.25) is 0 Å². The Morgan fingerprint density at radius 2 is 2.00 bits per heavy atom. The molecule has 3 aromatic heterocycles. The fourth-order valence-electron chi connectivity index (χ4n) is 1.92. The van der Waals surface area contributed by atoms with E-state index in [1.165, 1.54) is 14.2 Å². The third-order valence-electron chi connectivity index (χ3n) is 2.91. The van der Waals surface area contributed by atoms with Crippen molar-refractivity contribution >= 4 is 17.3 Å². The third-order valence-corrected chi connectivity index (χ3v) is 3.79. The molecule has 3 aromatic rings. The molecule has 3 heterocycles. The molecular weight excluding hydrogens is 302 g/mol. The van der Waals surface area contributed by atoms with Crippen molar-refractivity contribution in [3.05, 3.63) is 29.8 Å². The van der Waals surface area contributed by atoms with Crippen molar-refractivity contribution in [1.29, 1.82) is 0 Å². The van der Waals surface area contributed by atoms with Crippen LogP contribution in [0, 0.1) is 0 Å². The Morgan fingerprint density at radius 3 is 2.68 bits per heavy atom. The maximum atomic E-state index is 5.72. The molecule has 0 aliphatic rings. The number of rotatable bonds is 4. The van der Waals surface area contributed by atoms with E-state index in [2.05, 4.69) is 19.9 Å². The highest BCUT2D eigenvalue weighted by Crippen LogP contribution is 2.33. The Kier molecular flexibility index (Phi) is 3.84. The molecule has 0 spiro atoms. The highest BCUT2D eigenvalue weighted by atomic mass is 32.1. The number of aromatic nitrogens is 4. The van der Waals surface area contributed by atoms with Crippen LogP contribution in [0.2, 0.25) is 0 Å². The predicted octanol–water partition coefficient (Wildman–Crippen LogP) is 2.26. The lowest BCUT2D eigenvalue weighted by Gasteiger charge is -2.09. The number of thiophene rings is 1. The van der Waals surface area contributed by atoms with Gasteiger partial charge < -0.3 is 15.2 Å². The second-order valence-corrected chi connectivity index (χ2v) is 5.20. The van der Waals surface area contributed by atoms with E-state index < -0.39 is 0 Å². The van der Waals surface area contributed by atoms with Gasteiger partial charge in [-0.2, -0.15) is 9.97 Å². The van der Waals surface area contributed by atoms with Gasteiger partial charge in [0.05, 0.1) is 30.5 Å². The third kappa shape index (κ3) is 2.68. The number of nitrogen functional groups attached to an aromatic ring is 1. The molecule has 112 valence electrons. The number of anilines is 1. The summed E-state index contributed by atoms with van der Waals surface area (Å²) in [5.74, 6) is 0.607. The van der Waals surface area contributed by atoms with Gasteiger partial charge in [-0.05, 0) is 11.4 Å². The molecule has 0 bridgehead atoms. The molecule has 0 unspecified atom stereocenters. The minimum atomic E-state index is 0.208. The molecule has 22 heavy (non-hydrogen) atoms. The molecule has 0 saturated heterocycles. The molecule has 0 aliphatic heterocycles. The molecule has 0 radical (unpaired) electrons. The quantitative estimate of drug-likeness (QED) is 0.788. The number of hydrogen-bond acceptors (Lipinski definition) is 8. The average molecular weight is 315 g/mol. The smallest absolute Gasteiger partial charge is 0.320 e. The molecule has 3 rings (SSSR count). The Morgan fingerprint density at radius 1 is 1.14 bits per heavy atom. The van der Waals surface area contributed by atoms with Crippen molar-refractivity contribution in [3.63, 3.8) is 0 Å². The Labute approximate surface area is 130 Å². The summed E-state index contributed by atoms with van der Waals surface area (Å²) in [6.07, 6.45) is 1.64. The molecular formula is C14H13N5O2S. The molecule has 7 nitrogen and oxygen atoms in total. The summed E-state index contributed by atoms with van der Waals surface area (Å²) in [5.41, 5.74) is 7.77. The van der Waals surface area contributed by atoms with E-state index >= 15 is 0 Å². The summed E-state index contributed by atoms with van der Waals surface area (Å²) in [6.45, 7) is 0. The summed E-state index contributed by atoms with van der Waals surface area (Å²) in [4.78, 5) is 17.8. The molecule has 2 N–H and O–H groups in total. The van der Waals surface area contributed by atoms with Gasteiger partial charge >= 0.3 is 6.01 Å². The van der Waals surface area contributed by atoms with Gasteiger partial charge in [-0.15, -0.1) is 11.3 Å². The summed E-state index contributed by atoms with van der Waals surface area (Å²) < 4.78 is 10.3. The van der Waals surface area contributed by atoms with Gasteiger partial charge in [-0.25, -0.2) is 9.97 Å². The second kappa shape index (κ2) is 5.94. The Balaban J connectivity index is 2.20. The van der Waals surface area contributed by atoms with E-state index in [1.54, 1.807) is 23.6 Å². The summed E-state index contributed by atoms with van der Waals surface area (Å²) in [6, 6.07) is 5.83. The minimum absolute atomic E-state index is 0.208. The van der Waals surface area contributed by atoms with Crippen LogP contribution >= 0.6 is 11.3 Å². The van der Waals surface area contributed by atoms with Crippen LogP contribution in [-0.2, 0) is 0 Å². The summed E-state index contributed by atoms with van der Waals surface area (Å²) in [7, 11) is 3.03. The fourth-order valence-corrected chi connectivity index (χ4v) is 2.65. The number of methoxy groups -OCH3 is 2. The first kappa shape index (κ1) is 14.2. The number of nitrogens with zero attached hydrogens (tertiary/aromatic N) is 4. The molecule has 0 saturated carbocycles. The SMILES string of the molecule is COc1cc(-c2cnc(N)nc2-c2cccs2)nc(OC)n1. The van der Waals surface area contributed by atoms with E-state index in [4.69, 9.17) is 15.2 Å². The van der Waals surface area contributed by atoms with Crippen molar-refractivity contribution < 1.29 is 9.47 Å². The molecule has 0 aliphatic carbocycles. The largest absolute Gasteiger partial charge is 0.481 e. The molecule has 0 aromatic carbocycles. The second-order valence-electron chi connectivity index (χ2n) is 4.25. The topological polar surface area (TPSA) is 96.0 Å². The van der Waals surface area contributed by atoms with Crippen molar-refractivity contribution in [2.45, 2.75) is 0 Å². The Bertz CT molecular complexity index is 770. The normalized spacial score (nSPS) is 10.5.